The molecule has 4 rings (SSSR count). The van der Waals surface area contributed by atoms with Gasteiger partial charge in [0.1, 0.15) is 17.2 Å². The van der Waals surface area contributed by atoms with Crippen molar-refractivity contribution < 1.29 is 18.8 Å². The molecule has 0 saturated heterocycles. The average Bonchev–Trinajstić information content (AvgIpc) is 3.34. The summed E-state index contributed by atoms with van der Waals surface area (Å²) in [5.41, 5.74) is 2.70. The standard InChI is InChI=1S/C23H23N5O4/c1-14(29)31-17-9-10-28-13-18(25-21(28)11-17)15-5-7-16(8-6-15)24-22(30)26-20-12-19(32-27-20)23(2,3)4/h5-13H,1-4H3,(H2,24,26,27,30). The fourth-order valence-corrected chi connectivity index (χ4v) is 3.02. The number of imidazole rings is 1. The Bertz CT molecular complexity index is 1280. The van der Waals surface area contributed by atoms with E-state index in [2.05, 4.69) is 20.8 Å². The Labute approximate surface area is 184 Å². The van der Waals surface area contributed by atoms with E-state index in [1.165, 1.54) is 6.92 Å². The molecule has 2 amide bonds. The van der Waals surface area contributed by atoms with Gasteiger partial charge in [0.05, 0.1) is 5.69 Å². The fraction of sp³-hybridized carbons (Fsp3) is 0.217. The lowest BCUT2D eigenvalue weighted by Crippen LogP contribution is -2.19. The van der Waals surface area contributed by atoms with Crippen molar-refractivity contribution in [3.8, 4) is 17.0 Å². The molecule has 0 aliphatic rings. The average molecular weight is 433 g/mol. The highest BCUT2D eigenvalue weighted by atomic mass is 16.5. The molecule has 164 valence electrons. The second kappa shape index (κ2) is 8.18. The van der Waals surface area contributed by atoms with Crippen LogP contribution in [0.4, 0.5) is 16.3 Å². The van der Waals surface area contributed by atoms with E-state index >= 15 is 0 Å². The van der Waals surface area contributed by atoms with Crippen molar-refractivity contribution in [1.29, 1.82) is 0 Å². The molecule has 0 aliphatic carbocycles. The molecule has 0 saturated carbocycles. The summed E-state index contributed by atoms with van der Waals surface area (Å²) in [4.78, 5) is 28.0. The lowest BCUT2D eigenvalue weighted by atomic mass is 9.93. The summed E-state index contributed by atoms with van der Waals surface area (Å²) in [6, 6.07) is 12.0. The molecule has 4 aromatic rings. The molecule has 1 aromatic carbocycles. The van der Waals surface area contributed by atoms with Crippen molar-refractivity contribution in [2.45, 2.75) is 33.1 Å². The van der Waals surface area contributed by atoms with Crippen molar-refractivity contribution in [1.82, 2.24) is 14.5 Å². The fourth-order valence-electron chi connectivity index (χ4n) is 3.02. The first kappa shape index (κ1) is 21.1. The van der Waals surface area contributed by atoms with Crippen LogP contribution in [0.1, 0.15) is 33.5 Å². The van der Waals surface area contributed by atoms with Gasteiger partial charge >= 0.3 is 12.0 Å². The van der Waals surface area contributed by atoms with Crippen LogP contribution >= 0.6 is 0 Å². The first-order valence-corrected chi connectivity index (χ1v) is 10.0. The molecule has 32 heavy (non-hydrogen) atoms. The summed E-state index contributed by atoms with van der Waals surface area (Å²) < 4.78 is 12.2. The second-order valence-electron chi connectivity index (χ2n) is 8.33. The van der Waals surface area contributed by atoms with Crippen molar-refractivity contribution in [3.63, 3.8) is 0 Å². The van der Waals surface area contributed by atoms with Crippen LogP contribution in [0.15, 0.2) is 59.4 Å². The van der Waals surface area contributed by atoms with Crippen molar-refractivity contribution in [2.75, 3.05) is 10.6 Å². The summed E-state index contributed by atoms with van der Waals surface area (Å²) in [5, 5.41) is 9.30. The summed E-state index contributed by atoms with van der Waals surface area (Å²) in [7, 11) is 0. The number of benzene rings is 1. The molecule has 9 nitrogen and oxygen atoms in total. The first-order chi connectivity index (χ1) is 15.2. The number of rotatable bonds is 4. The van der Waals surface area contributed by atoms with E-state index in [0.29, 0.717) is 28.7 Å². The van der Waals surface area contributed by atoms with E-state index in [1.807, 2.05) is 43.5 Å². The minimum Gasteiger partial charge on any atom is -0.427 e. The number of carbonyl (C=O) groups is 2. The summed E-state index contributed by atoms with van der Waals surface area (Å²) >= 11 is 0. The van der Waals surface area contributed by atoms with E-state index in [9.17, 15) is 9.59 Å². The normalized spacial score (nSPS) is 11.4. The van der Waals surface area contributed by atoms with Crippen LogP contribution in [0, 0.1) is 0 Å². The minimum absolute atomic E-state index is 0.195. The highest BCUT2D eigenvalue weighted by molar-refractivity contribution is 5.99. The zero-order chi connectivity index (χ0) is 22.9. The van der Waals surface area contributed by atoms with Crippen LogP contribution in [0.2, 0.25) is 0 Å². The number of carbonyl (C=O) groups excluding carboxylic acids is 2. The Morgan fingerprint density at radius 2 is 1.81 bits per heavy atom. The maximum Gasteiger partial charge on any atom is 0.324 e. The van der Waals surface area contributed by atoms with Crippen molar-refractivity contribution >= 4 is 29.2 Å². The van der Waals surface area contributed by atoms with Crippen LogP contribution in [0.3, 0.4) is 0 Å². The molecular formula is C23H23N5O4. The number of hydrogen-bond donors (Lipinski definition) is 2. The third kappa shape index (κ3) is 4.77. The predicted octanol–water partition coefficient (Wildman–Crippen LogP) is 4.86. The van der Waals surface area contributed by atoms with Gasteiger partial charge < -0.3 is 19.0 Å². The Morgan fingerprint density at radius 1 is 1.06 bits per heavy atom. The van der Waals surface area contributed by atoms with Crippen molar-refractivity contribution in [2.24, 2.45) is 0 Å². The molecule has 0 bridgehead atoms. The Kier molecular flexibility index (Phi) is 5.40. The number of nitrogens with one attached hydrogen (secondary N) is 2. The first-order valence-electron chi connectivity index (χ1n) is 10.0. The van der Waals surface area contributed by atoms with Gasteiger partial charge in [-0.3, -0.25) is 10.1 Å². The van der Waals surface area contributed by atoms with Gasteiger partial charge in [-0.15, -0.1) is 0 Å². The van der Waals surface area contributed by atoms with Gasteiger partial charge in [-0.25, -0.2) is 9.78 Å². The zero-order valence-corrected chi connectivity index (χ0v) is 18.2. The largest absolute Gasteiger partial charge is 0.427 e. The van der Waals surface area contributed by atoms with E-state index in [-0.39, 0.29) is 11.4 Å². The van der Waals surface area contributed by atoms with Crippen LogP contribution in [-0.4, -0.2) is 26.5 Å². The highest BCUT2D eigenvalue weighted by Crippen LogP contribution is 2.25. The quantitative estimate of drug-likeness (QED) is 0.445. The second-order valence-corrected chi connectivity index (χ2v) is 8.33. The van der Waals surface area contributed by atoms with Gasteiger partial charge in [0.25, 0.3) is 0 Å². The number of fused-ring (bicyclic) bond motifs is 1. The molecule has 0 aliphatic heterocycles. The van der Waals surface area contributed by atoms with Crippen LogP contribution in [0.5, 0.6) is 5.75 Å². The van der Waals surface area contributed by atoms with E-state index in [1.54, 1.807) is 36.5 Å². The Balaban J connectivity index is 1.43. The molecule has 0 unspecified atom stereocenters. The summed E-state index contributed by atoms with van der Waals surface area (Å²) in [5.74, 6) is 1.09. The third-order valence-electron chi connectivity index (χ3n) is 4.62. The zero-order valence-electron chi connectivity index (χ0n) is 18.2. The van der Waals surface area contributed by atoms with E-state index in [0.717, 1.165) is 11.3 Å². The molecule has 3 aromatic heterocycles. The lowest BCUT2D eigenvalue weighted by molar-refractivity contribution is -0.131. The molecular weight excluding hydrogens is 410 g/mol. The van der Waals surface area contributed by atoms with Crippen LogP contribution in [-0.2, 0) is 10.2 Å². The predicted molar refractivity (Wildman–Crippen MR) is 120 cm³/mol. The van der Waals surface area contributed by atoms with Crippen LogP contribution in [0.25, 0.3) is 16.9 Å². The monoisotopic (exact) mass is 433 g/mol. The number of aromatic nitrogens is 3. The minimum atomic E-state index is -0.419. The number of esters is 1. The molecule has 0 atom stereocenters. The summed E-state index contributed by atoms with van der Waals surface area (Å²) in [6.07, 6.45) is 3.65. The lowest BCUT2D eigenvalue weighted by Gasteiger charge is -2.12. The topological polar surface area (TPSA) is 111 Å². The molecule has 2 N–H and O–H groups in total. The molecule has 0 spiro atoms. The van der Waals surface area contributed by atoms with Gasteiger partial charge in [-0.1, -0.05) is 38.1 Å². The SMILES string of the molecule is CC(=O)Oc1ccn2cc(-c3ccc(NC(=O)Nc4cc(C(C)(C)C)on4)cc3)nc2c1. The van der Waals surface area contributed by atoms with Crippen molar-refractivity contribution in [3.05, 3.63) is 60.6 Å². The smallest absolute Gasteiger partial charge is 0.324 e. The molecule has 0 radical (unpaired) electrons. The molecule has 3 heterocycles. The van der Waals surface area contributed by atoms with Gasteiger partial charge in [-0.05, 0) is 18.2 Å². The highest BCUT2D eigenvalue weighted by Gasteiger charge is 2.20. The maximum absolute atomic E-state index is 12.3. The van der Waals surface area contributed by atoms with Gasteiger partial charge in [0.15, 0.2) is 5.82 Å². The molecule has 0 fully saturated rings. The maximum atomic E-state index is 12.3. The number of amides is 2. The number of pyridine rings is 1. The van der Waals surface area contributed by atoms with Gasteiger partial charge in [-0.2, -0.15) is 0 Å². The van der Waals surface area contributed by atoms with Gasteiger partial charge in [0, 0.05) is 48.1 Å². The number of ether oxygens (including phenoxy) is 1. The van der Waals surface area contributed by atoms with E-state index < -0.39 is 6.03 Å². The Morgan fingerprint density at radius 3 is 2.47 bits per heavy atom. The Hall–Kier alpha value is -4.14. The van der Waals surface area contributed by atoms with Crippen LogP contribution < -0.4 is 15.4 Å². The number of anilines is 2. The number of nitrogens with zero attached hydrogens (tertiary/aromatic N) is 3. The summed E-state index contributed by atoms with van der Waals surface area (Å²) in [6.45, 7) is 7.36. The van der Waals surface area contributed by atoms with E-state index in [4.69, 9.17) is 9.26 Å². The third-order valence-corrected chi connectivity index (χ3v) is 4.62. The van der Waals surface area contributed by atoms with Gasteiger partial charge in [0.2, 0.25) is 0 Å². The number of hydrogen-bond acceptors (Lipinski definition) is 6. The number of urea groups is 1. The molecule has 9 heteroatoms.